The molecule has 2 aromatic rings. The van der Waals surface area contributed by atoms with Crippen molar-refractivity contribution < 1.29 is 9.53 Å². The number of nitrogens with one attached hydrogen (secondary N) is 1. The second-order valence-corrected chi connectivity index (χ2v) is 7.07. The van der Waals surface area contributed by atoms with E-state index in [1.807, 2.05) is 45.9 Å². The molecule has 1 saturated heterocycles. The van der Waals surface area contributed by atoms with Crippen molar-refractivity contribution in [3.8, 4) is 6.01 Å². The van der Waals surface area contributed by atoms with Crippen LogP contribution >= 0.6 is 0 Å². The van der Waals surface area contributed by atoms with Crippen LogP contribution in [0.3, 0.4) is 0 Å². The van der Waals surface area contributed by atoms with Crippen molar-refractivity contribution >= 4 is 11.7 Å². The molecule has 1 aliphatic heterocycles. The van der Waals surface area contributed by atoms with Gasteiger partial charge >= 0.3 is 12.0 Å². The molecule has 6 heteroatoms. The van der Waals surface area contributed by atoms with E-state index in [1.54, 1.807) is 4.90 Å². The van der Waals surface area contributed by atoms with Gasteiger partial charge in [-0.05, 0) is 69.9 Å². The van der Waals surface area contributed by atoms with Crippen molar-refractivity contribution in [3.63, 3.8) is 0 Å². The highest BCUT2D eigenvalue weighted by molar-refractivity contribution is 5.89. The molecule has 6 nitrogen and oxygen atoms in total. The van der Waals surface area contributed by atoms with E-state index in [0.29, 0.717) is 12.6 Å². The SMILES string of the molecule is Cc1cc(C)cc(NC(=O)N2CCCC(Oc3nc(C)cc(C)n3)C2)c1. The van der Waals surface area contributed by atoms with Gasteiger partial charge in [0.15, 0.2) is 0 Å². The van der Waals surface area contributed by atoms with E-state index in [4.69, 9.17) is 4.74 Å². The molecule has 0 bridgehead atoms. The number of nitrogens with zero attached hydrogens (tertiary/aromatic N) is 3. The minimum atomic E-state index is -0.0929. The molecule has 0 radical (unpaired) electrons. The Labute approximate surface area is 154 Å². The van der Waals surface area contributed by atoms with Crippen molar-refractivity contribution in [1.29, 1.82) is 0 Å². The first-order valence-electron chi connectivity index (χ1n) is 9.02. The number of hydrogen-bond donors (Lipinski definition) is 1. The first-order valence-corrected chi connectivity index (χ1v) is 9.02. The number of piperidine rings is 1. The molecule has 1 aromatic carbocycles. The number of urea groups is 1. The number of anilines is 1. The third-order valence-electron chi connectivity index (χ3n) is 4.37. The molecular weight excluding hydrogens is 328 g/mol. The fourth-order valence-corrected chi connectivity index (χ4v) is 3.36. The summed E-state index contributed by atoms with van der Waals surface area (Å²) in [6.45, 7) is 9.16. The molecule has 138 valence electrons. The van der Waals surface area contributed by atoms with Crippen molar-refractivity contribution in [2.75, 3.05) is 18.4 Å². The summed E-state index contributed by atoms with van der Waals surface area (Å²) < 4.78 is 5.94. The van der Waals surface area contributed by atoms with E-state index in [0.717, 1.165) is 47.6 Å². The highest BCUT2D eigenvalue weighted by Crippen LogP contribution is 2.19. The smallest absolute Gasteiger partial charge is 0.321 e. The van der Waals surface area contributed by atoms with Gasteiger partial charge < -0.3 is 15.0 Å². The van der Waals surface area contributed by atoms with Crippen LogP contribution in [0.5, 0.6) is 6.01 Å². The van der Waals surface area contributed by atoms with E-state index in [2.05, 4.69) is 21.4 Å². The van der Waals surface area contributed by atoms with Gasteiger partial charge in [-0.1, -0.05) is 6.07 Å². The maximum Gasteiger partial charge on any atom is 0.321 e. The second-order valence-electron chi connectivity index (χ2n) is 7.07. The van der Waals surface area contributed by atoms with Gasteiger partial charge in [-0.25, -0.2) is 14.8 Å². The molecule has 0 spiro atoms. The predicted molar refractivity (Wildman–Crippen MR) is 102 cm³/mol. The van der Waals surface area contributed by atoms with E-state index < -0.39 is 0 Å². The molecule has 26 heavy (non-hydrogen) atoms. The Morgan fingerprint density at radius 2 is 1.73 bits per heavy atom. The molecule has 3 rings (SSSR count). The lowest BCUT2D eigenvalue weighted by Gasteiger charge is -2.32. The maximum absolute atomic E-state index is 12.6. The van der Waals surface area contributed by atoms with Crippen LogP contribution in [0, 0.1) is 27.7 Å². The number of carbonyl (C=O) groups is 1. The summed E-state index contributed by atoms with van der Waals surface area (Å²) in [6, 6.07) is 8.26. The van der Waals surface area contributed by atoms with Gasteiger partial charge in [0.05, 0.1) is 6.54 Å². The van der Waals surface area contributed by atoms with Crippen molar-refractivity contribution in [3.05, 3.63) is 46.8 Å². The average molecular weight is 354 g/mol. The second kappa shape index (κ2) is 7.72. The normalized spacial score (nSPS) is 17.1. The lowest BCUT2D eigenvalue weighted by molar-refractivity contribution is 0.0980. The number of amides is 2. The lowest BCUT2D eigenvalue weighted by atomic mass is 10.1. The van der Waals surface area contributed by atoms with Gasteiger partial charge in [-0.15, -0.1) is 0 Å². The number of aryl methyl sites for hydroxylation is 4. The van der Waals surface area contributed by atoms with Crippen LogP contribution in [0.1, 0.15) is 35.4 Å². The van der Waals surface area contributed by atoms with Crippen LogP contribution in [0.2, 0.25) is 0 Å². The first-order chi connectivity index (χ1) is 12.4. The van der Waals surface area contributed by atoms with Crippen LogP contribution in [-0.4, -0.2) is 40.1 Å². The van der Waals surface area contributed by atoms with Gasteiger partial charge in [-0.3, -0.25) is 0 Å². The zero-order chi connectivity index (χ0) is 18.7. The molecule has 1 N–H and O–H groups in total. The number of likely N-dealkylation sites (tertiary alicyclic amines) is 1. The van der Waals surface area contributed by atoms with E-state index >= 15 is 0 Å². The summed E-state index contributed by atoms with van der Waals surface area (Å²) >= 11 is 0. The molecule has 0 saturated carbocycles. The first kappa shape index (κ1) is 18.2. The number of benzene rings is 1. The van der Waals surface area contributed by atoms with Crippen LogP contribution < -0.4 is 10.1 Å². The number of rotatable bonds is 3. The summed E-state index contributed by atoms with van der Waals surface area (Å²) in [7, 11) is 0. The zero-order valence-electron chi connectivity index (χ0n) is 15.9. The quantitative estimate of drug-likeness (QED) is 0.911. The lowest BCUT2D eigenvalue weighted by Crippen LogP contribution is -2.46. The minimum absolute atomic E-state index is 0.0880. The van der Waals surface area contributed by atoms with Crippen molar-refractivity contribution in [2.24, 2.45) is 0 Å². The monoisotopic (exact) mass is 354 g/mol. The number of ether oxygens (including phenoxy) is 1. The standard InChI is InChI=1S/C20H26N4O2/c1-13-8-14(2)10-17(9-13)23-20(25)24-7-5-6-18(12-24)26-19-21-15(3)11-16(4)22-19/h8-11,18H,5-7,12H2,1-4H3,(H,23,25). The van der Waals surface area contributed by atoms with Gasteiger partial charge in [0.25, 0.3) is 0 Å². The van der Waals surface area contributed by atoms with Crippen molar-refractivity contribution in [1.82, 2.24) is 14.9 Å². The molecule has 1 aromatic heterocycles. The Hall–Kier alpha value is -2.63. The highest BCUT2D eigenvalue weighted by atomic mass is 16.5. The molecular formula is C20H26N4O2. The van der Waals surface area contributed by atoms with Gasteiger partial charge in [0.2, 0.25) is 0 Å². The molecule has 2 heterocycles. The Bertz CT molecular complexity index is 766. The van der Waals surface area contributed by atoms with Crippen LogP contribution in [0.25, 0.3) is 0 Å². The summed E-state index contributed by atoms with van der Waals surface area (Å²) in [5.74, 6) is 0. The predicted octanol–water partition coefficient (Wildman–Crippen LogP) is 3.79. The highest BCUT2D eigenvalue weighted by Gasteiger charge is 2.25. The molecule has 2 amide bonds. The summed E-state index contributed by atoms with van der Waals surface area (Å²) in [4.78, 5) is 23.1. The van der Waals surface area contributed by atoms with E-state index in [1.165, 1.54) is 0 Å². The third kappa shape index (κ3) is 4.71. The molecule has 1 aliphatic rings. The third-order valence-corrected chi connectivity index (χ3v) is 4.37. The largest absolute Gasteiger partial charge is 0.458 e. The summed E-state index contributed by atoms with van der Waals surface area (Å²) in [6.07, 6.45) is 1.70. The van der Waals surface area contributed by atoms with Crippen LogP contribution in [-0.2, 0) is 0 Å². The van der Waals surface area contributed by atoms with E-state index in [-0.39, 0.29) is 12.1 Å². The van der Waals surface area contributed by atoms with Gasteiger partial charge in [0.1, 0.15) is 6.10 Å². The molecule has 0 aliphatic carbocycles. The zero-order valence-corrected chi connectivity index (χ0v) is 15.9. The fourth-order valence-electron chi connectivity index (χ4n) is 3.36. The molecule has 1 fully saturated rings. The Morgan fingerprint density at radius 1 is 1.08 bits per heavy atom. The number of hydrogen-bond acceptors (Lipinski definition) is 4. The van der Waals surface area contributed by atoms with Gasteiger partial charge in [-0.2, -0.15) is 0 Å². The van der Waals surface area contributed by atoms with Crippen LogP contribution in [0.15, 0.2) is 24.3 Å². The molecule has 1 atom stereocenters. The summed E-state index contributed by atoms with van der Waals surface area (Å²) in [5.41, 5.74) is 4.85. The maximum atomic E-state index is 12.6. The summed E-state index contributed by atoms with van der Waals surface area (Å²) in [5, 5.41) is 3.00. The Kier molecular flexibility index (Phi) is 5.40. The Balaban J connectivity index is 1.63. The fraction of sp³-hybridized carbons (Fsp3) is 0.450. The molecule has 1 unspecified atom stereocenters. The Morgan fingerprint density at radius 3 is 2.38 bits per heavy atom. The van der Waals surface area contributed by atoms with Crippen molar-refractivity contribution in [2.45, 2.75) is 46.6 Å². The number of carbonyl (C=O) groups excluding carboxylic acids is 1. The van der Waals surface area contributed by atoms with E-state index in [9.17, 15) is 4.79 Å². The van der Waals surface area contributed by atoms with Gasteiger partial charge in [0, 0.05) is 23.6 Å². The topological polar surface area (TPSA) is 67.4 Å². The average Bonchev–Trinajstić information content (AvgIpc) is 2.53. The number of aromatic nitrogens is 2. The van der Waals surface area contributed by atoms with Crippen LogP contribution in [0.4, 0.5) is 10.5 Å². The minimum Gasteiger partial charge on any atom is -0.458 e.